The van der Waals surface area contributed by atoms with Crippen LogP contribution in [0.3, 0.4) is 0 Å². The molecular formula is C58H37NO3. The van der Waals surface area contributed by atoms with E-state index >= 15 is 0 Å². The van der Waals surface area contributed by atoms with Gasteiger partial charge in [0, 0.05) is 50.0 Å². The lowest BCUT2D eigenvalue weighted by molar-refractivity contribution is 0.436. The van der Waals surface area contributed by atoms with Gasteiger partial charge in [0.2, 0.25) is 0 Å². The lowest BCUT2D eigenvalue weighted by Crippen LogP contribution is -2.32. The zero-order chi connectivity index (χ0) is 40.9. The third-order valence-corrected chi connectivity index (χ3v) is 14.1. The van der Waals surface area contributed by atoms with E-state index < -0.39 is 5.41 Å². The molecule has 0 bridgehead atoms. The highest BCUT2D eigenvalue weighted by molar-refractivity contribution is 6.16. The van der Waals surface area contributed by atoms with Crippen LogP contribution in [0, 0.1) is 0 Å². The lowest BCUT2D eigenvalue weighted by Gasteiger charge is -2.39. The zero-order valence-electron chi connectivity index (χ0n) is 34.1. The van der Waals surface area contributed by atoms with Gasteiger partial charge in [-0.2, -0.15) is 0 Å². The second kappa shape index (κ2) is 11.9. The van der Waals surface area contributed by atoms with E-state index in [9.17, 15) is 0 Å². The van der Waals surface area contributed by atoms with Crippen molar-refractivity contribution >= 4 is 60.9 Å². The van der Waals surface area contributed by atoms with Crippen LogP contribution in [0.2, 0.25) is 0 Å². The lowest BCUT2D eigenvalue weighted by atomic mass is 9.66. The monoisotopic (exact) mass is 795 g/mol. The minimum absolute atomic E-state index is 0.171. The fourth-order valence-electron chi connectivity index (χ4n) is 11.5. The Labute approximate surface area is 357 Å². The highest BCUT2D eigenvalue weighted by atomic mass is 16.5. The maximum atomic E-state index is 7.06. The number of furan rings is 2. The van der Waals surface area contributed by atoms with Crippen LogP contribution in [0.4, 0.5) is 17.1 Å². The van der Waals surface area contributed by atoms with Crippen LogP contribution < -0.4 is 9.64 Å². The molecule has 0 amide bonds. The highest BCUT2D eigenvalue weighted by Gasteiger charge is 2.51. The summed E-state index contributed by atoms with van der Waals surface area (Å²) in [5.41, 5.74) is 18.1. The average molecular weight is 796 g/mol. The Kier molecular flexibility index (Phi) is 6.53. The first-order valence-corrected chi connectivity index (χ1v) is 21.4. The molecule has 0 saturated carbocycles. The topological polar surface area (TPSA) is 38.8 Å². The van der Waals surface area contributed by atoms with Gasteiger partial charge in [0.1, 0.15) is 33.8 Å². The maximum Gasteiger partial charge on any atom is 0.137 e. The molecule has 0 unspecified atom stereocenters. The van der Waals surface area contributed by atoms with Crippen LogP contribution in [0.15, 0.2) is 197 Å². The molecule has 2 aromatic heterocycles. The highest BCUT2D eigenvalue weighted by Crippen LogP contribution is 2.63. The van der Waals surface area contributed by atoms with Crippen LogP contribution in [0.1, 0.15) is 47.2 Å². The van der Waals surface area contributed by atoms with E-state index in [0.29, 0.717) is 0 Å². The van der Waals surface area contributed by atoms with Gasteiger partial charge < -0.3 is 18.5 Å². The van der Waals surface area contributed by atoms with Gasteiger partial charge in [-0.1, -0.05) is 135 Å². The molecule has 3 heterocycles. The quantitative estimate of drug-likeness (QED) is 0.179. The van der Waals surface area contributed by atoms with Gasteiger partial charge >= 0.3 is 0 Å². The van der Waals surface area contributed by atoms with Crippen molar-refractivity contribution in [3.05, 3.63) is 221 Å². The predicted octanol–water partition coefficient (Wildman–Crippen LogP) is 15.7. The molecule has 0 N–H and O–H groups in total. The van der Waals surface area contributed by atoms with E-state index in [1.807, 2.05) is 12.1 Å². The van der Waals surface area contributed by atoms with Gasteiger partial charge in [-0.25, -0.2) is 0 Å². The molecule has 292 valence electrons. The van der Waals surface area contributed by atoms with E-state index in [-0.39, 0.29) is 5.41 Å². The Morgan fingerprint density at radius 3 is 1.81 bits per heavy atom. The molecule has 62 heavy (non-hydrogen) atoms. The van der Waals surface area contributed by atoms with Crippen molar-refractivity contribution in [2.75, 3.05) is 4.90 Å². The van der Waals surface area contributed by atoms with Gasteiger partial charge in [-0.3, -0.25) is 0 Å². The molecule has 2 aliphatic carbocycles. The van der Waals surface area contributed by atoms with Gasteiger partial charge in [0.25, 0.3) is 0 Å². The molecular weight excluding hydrogens is 759 g/mol. The van der Waals surface area contributed by atoms with Crippen LogP contribution in [0.25, 0.3) is 66.1 Å². The van der Waals surface area contributed by atoms with Crippen molar-refractivity contribution in [2.24, 2.45) is 0 Å². The average Bonchev–Trinajstić information content (AvgIpc) is 4.02. The van der Waals surface area contributed by atoms with Crippen molar-refractivity contribution in [1.29, 1.82) is 0 Å². The largest absolute Gasteiger partial charge is 0.457 e. The van der Waals surface area contributed by atoms with Gasteiger partial charge in [0.15, 0.2) is 0 Å². The van der Waals surface area contributed by atoms with Gasteiger partial charge in [-0.05, 0) is 99.6 Å². The zero-order valence-corrected chi connectivity index (χ0v) is 34.1. The standard InChI is InChI=1S/C58H37NO3/c1-57(2)41-18-6-4-17-38(41)55-45(57)22-13-23-47(55)59(34-29-30-37-36-16-5-10-25-49(36)60-53(37)31-34)48-24-14-28-52-56(48)40-32-39-35-15-3-7-19-42(35)58(46(39)33-54(40)62-52)43-20-8-11-26-50(43)61-51-27-12-9-21-44(51)58/h3-33H,1-2H3. The Morgan fingerprint density at radius 2 is 0.984 bits per heavy atom. The van der Waals surface area contributed by atoms with Gasteiger partial charge in [-0.15, -0.1) is 0 Å². The van der Waals surface area contributed by atoms with E-state index in [1.54, 1.807) is 0 Å². The predicted molar refractivity (Wildman–Crippen MR) is 251 cm³/mol. The van der Waals surface area contributed by atoms with Crippen LogP contribution in [0.5, 0.6) is 11.5 Å². The fraction of sp³-hybridized carbons (Fsp3) is 0.0690. The summed E-state index contributed by atoms with van der Waals surface area (Å²) in [6.07, 6.45) is 0. The fourth-order valence-corrected chi connectivity index (χ4v) is 11.5. The third-order valence-electron chi connectivity index (χ3n) is 14.1. The number of fused-ring (bicyclic) bond motifs is 18. The summed E-state index contributed by atoms with van der Waals surface area (Å²) < 4.78 is 20.3. The number of hydrogen-bond acceptors (Lipinski definition) is 4. The number of hydrogen-bond donors (Lipinski definition) is 0. The number of ether oxygens (including phenoxy) is 1. The molecule has 14 rings (SSSR count). The number of para-hydroxylation sites is 3. The molecule has 0 radical (unpaired) electrons. The molecule has 1 spiro atoms. The summed E-state index contributed by atoms with van der Waals surface area (Å²) >= 11 is 0. The summed E-state index contributed by atoms with van der Waals surface area (Å²) in [6.45, 7) is 4.69. The molecule has 3 aliphatic rings. The first kappa shape index (κ1) is 34.0. The van der Waals surface area contributed by atoms with Crippen molar-refractivity contribution in [1.82, 2.24) is 0 Å². The summed E-state index contributed by atoms with van der Waals surface area (Å²) in [5, 5.41) is 4.34. The molecule has 1 aliphatic heterocycles. The van der Waals surface area contributed by atoms with Gasteiger partial charge in [0.05, 0.1) is 22.2 Å². The maximum absolute atomic E-state index is 7.06. The van der Waals surface area contributed by atoms with Crippen LogP contribution in [-0.4, -0.2) is 0 Å². The van der Waals surface area contributed by atoms with E-state index in [2.05, 4.69) is 195 Å². The number of rotatable bonds is 3. The Hall–Kier alpha value is -7.82. The van der Waals surface area contributed by atoms with E-state index in [0.717, 1.165) is 83.6 Å². The summed E-state index contributed by atoms with van der Waals surface area (Å²) in [4.78, 5) is 2.44. The molecule has 4 nitrogen and oxygen atoms in total. The third kappa shape index (κ3) is 4.21. The van der Waals surface area contributed by atoms with Crippen molar-refractivity contribution in [3.8, 4) is 33.8 Å². The van der Waals surface area contributed by atoms with Crippen molar-refractivity contribution in [3.63, 3.8) is 0 Å². The summed E-state index contributed by atoms with van der Waals surface area (Å²) in [5.74, 6) is 1.75. The van der Waals surface area contributed by atoms with Crippen molar-refractivity contribution < 1.29 is 13.6 Å². The molecule has 0 fully saturated rings. The Morgan fingerprint density at radius 1 is 0.387 bits per heavy atom. The summed E-state index contributed by atoms with van der Waals surface area (Å²) in [6, 6.07) is 67.8. The molecule has 0 saturated heterocycles. The van der Waals surface area contributed by atoms with Crippen molar-refractivity contribution in [2.45, 2.75) is 24.7 Å². The SMILES string of the molecule is CC1(C)c2ccccc2-c2c(N(c3ccc4c(c3)oc3ccccc34)c3cccc4oc5cc6c(cc5c34)-c3ccccc3C63c4ccccc4Oc4ccccc43)cccc21. The van der Waals surface area contributed by atoms with Crippen LogP contribution in [-0.2, 0) is 10.8 Å². The molecule has 4 heteroatoms. The second-order valence-corrected chi connectivity index (χ2v) is 17.5. The van der Waals surface area contributed by atoms with E-state index in [4.69, 9.17) is 13.6 Å². The number of nitrogens with zero attached hydrogens (tertiary/aromatic N) is 1. The first-order chi connectivity index (χ1) is 30.5. The second-order valence-electron chi connectivity index (χ2n) is 17.5. The summed E-state index contributed by atoms with van der Waals surface area (Å²) in [7, 11) is 0. The van der Waals surface area contributed by atoms with Crippen LogP contribution >= 0.6 is 0 Å². The normalized spacial score (nSPS) is 14.7. The minimum Gasteiger partial charge on any atom is -0.457 e. The Balaban J connectivity index is 1.07. The van der Waals surface area contributed by atoms with E-state index in [1.165, 1.54) is 44.5 Å². The smallest absolute Gasteiger partial charge is 0.137 e. The first-order valence-electron chi connectivity index (χ1n) is 21.4. The number of benzene rings is 9. The Bertz CT molecular complexity index is 3690. The molecule has 9 aromatic carbocycles. The number of anilines is 3. The minimum atomic E-state index is -0.591. The molecule has 11 aromatic rings. The molecule has 0 atom stereocenters.